The van der Waals surface area contributed by atoms with Gasteiger partial charge in [-0.1, -0.05) is 6.07 Å². The van der Waals surface area contributed by atoms with E-state index >= 15 is 0 Å². The molecule has 100 valence electrons. The Labute approximate surface area is 110 Å². The van der Waals surface area contributed by atoms with Crippen molar-refractivity contribution in [2.45, 2.75) is 19.4 Å². The second-order valence-electron chi connectivity index (χ2n) is 4.56. The third-order valence-electron chi connectivity index (χ3n) is 3.13. The highest BCUT2D eigenvalue weighted by molar-refractivity contribution is 5.48. The molecule has 1 atom stereocenters. The zero-order valence-corrected chi connectivity index (χ0v) is 10.5. The molecule has 0 fully saturated rings. The largest absolute Gasteiger partial charge is 0.398 e. The standard InChI is InChI=1S/C15H15F2NO/c1-9-6-11(16)3-2-10(9)7-15(19)13-8-12(17)4-5-14(13)18/h2-6,8,15,19H,7,18H2,1H3. The molecule has 0 aliphatic heterocycles. The predicted molar refractivity (Wildman–Crippen MR) is 70.6 cm³/mol. The van der Waals surface area contributed by atoms with E-state index in [1.165, 1.54) is 30.3 Å². The van der Waals surface area contributed by atoms with E-state index in [1.54, 1.807) is 13.0 Å². The zero-order valence-electron chi connectivity index (χ0n) is 10.5. The molecule has 0 saturated carbocycles. The topological polar surface area (TPSA) is 46.2 Å². The van der Waals surface area contributed by atoms with Crippen molar-refractivity contribution in [2.75, 3.05) is 5.73 Å². The average molecular weight is 263 g/mol. The summed E-state index contributed by atoms with van der Waals surface area (Å²) in [6, 6.07) is 8.24. The van der Waals surface area contributed by atoms with Gasteiger partial charge in [0.2, 0.25) is 0 Å². The number of benzene rings is 2. The van der Waals surface area contributed by atoms with Crippen LogP contribution in [0.2, 0.25) is 0 Å². The number of aryl methyl sites for hydroxylation is 1. The van der Waals surface area contributed by atoms with Gasteiger partial charge in [-0.2, -0.15) is 0 Å². The molecule has 1 unspecified atom stereocenters. The fourth-order valence-electron chi connectivity index (χ4n) is 2.04. The van der Waals surface area contributed by atoms with Gasteiger partial charge in [0.25, 0.3) is 0 Å². The summed E-state index contributed by atoms with van der Waals surface area (Å²) in [5.41, 5.74) is 7.96. The lowest BCUT2D eigenvalue weighted by Gasteiger charge is -2.15. The van der Waals surface area contributed by atoms with Gasteiger partial charge < -0.3 is 10.8 Å². The number of hydrogen-bond donors (Lipinski definition) is 2. The lowest BCUT2D eigenvalue weighted by molar-refractivity contribution is 0.178. The van der Waals surface area contributed by atoms with Gasteiger partial charge in [-0.05, 0) is 48.4 Å². The number of aliphatic hydroxyl groups is 1. The number of nitrogens with two attached hydrogens (primary N) is 1. The Morgan fingerprint density at radius 1 is 1.11 bits per heavy atom. The Morgan fingerprint density at radius 3 is 2.42 bits per heavy atom. The highest BCUT2D eigenvalue weighted by Crippen LogP contribution is 2.26. The highest BCUT2D eigenvalue weighted by Gasteiger charge is 2.14. The summed E-state index contributed by atoms with van der Waals surface area (Å²) in [7, 11) is 0. The Bertz CT molecular complexity index is 599. The summed E-state index contributed by atoms with van der Waals surface area (Å²) in [4.78, 5) is 0. The van der Waals surface area contributed by atoms with Gasteiger partial charge >= 0.3 is 0 Å². The number of halogens is 2. The van der Waals surface area contributed by atoms with Crippen molar-refractivity contribution in [3.63, 3.8) is 0 Å². The Balaban J connectivity index is 2.25. The second kappa shape index (κ2) is 5.36. The highest BCUT2D eigenvalue weighted by atomic mass is 19.1. The van der Waals surface area contributed by atoms with Crippen molar-refractivity contribution >= 4 is 5.69 Å². The van der Waals surface area contributed by atoms with Crippen LogP contribution in [0.1, 0.15) is 22.8 Å². The molecule has 2 rings (SSSR count). The van der Waals surface area contributed by atoms with Gasteiger partial charge in [-0.15, -0.1) is 0 Å². The van der Waals surface area contributed by atoms with E-state index in [0.29, 0.717) is 11.3 Å². The average Bonchev–Trinajstić information content (AvgIpc) is 2.35. The van der Waals surface area contributed by atoms with Crippen molar-refractivity contribution in [3.05, 3.63) is 64.7 Å². The van der Waals surface area contributed by atoms with Gasteiger partial charge in [0, 0.05) is 17.7 Å². The molecule has 3 N–H and O–H groups in total. The normalized spacial score (nSPS) is 12.4. The van der Waals surface area contributed by atoms with Gasteiger partial charge in [-0.3, -0.25) is 0 Å². The fraction of sp³-hybridized carbons (Fsp3) is 0.200. The first-order chi connectivity index (χ1) is 8.97. The quantitative estimate of drug-likeness (QED) is 0.836. The smallest absolute Gasteiger partial charge is 0.123 e. The van der Waals surface area contributed by atoms with Crippen molar-refractivity contribution in [1.82, 2.24) is 0 Å². The Hall–Kier alpha value is -1.94. The molecule has 0 amide bonds. The summed E-state index contributed by atoms with van der Waals surface area (Å²) in [5.74, 6) is -0.764. The Kier molecular flexibility index (Phi) is 3.81. The van der Waals surface area contributed by atoms with E-state index in [2.05, 4.69) is 0 Å². The van der Waals surface area contributed by atoms with Crippen LogP contribution in [0.5, 0.6) is 0 Å². The van der Waals surface area contributed by atoms with Crippen molar-refractivity contribution in [1.29, 1.82) is 0 Å². The molecule has 2 aromatic rings. The summed E-state index contributed by atoms with van der Waals surface area (Å²) < 4.78 is 26.2. The van der Waals surface area contributed by atoms with Crippen molar-refractivity contribution in [2.24, 2.45) is 0 Å². The number of aliphatic hydroxyl groups excluding tert-OH is 1. The van der Waals surface area contributed by atoms with Crippen LogP contribution >= 0.6 is 0 Å². The molecule has 0 aromatic heterocycles. The van der Waals surface area contributed by atoms with Crippen LogP contribution in [-0.4, -0.2) is 5.11 Å². The van der Waals surface area contributed by atoms with Crippen LogP contribution in [0.15, 0.2) is 36.4 Å². The van der Waals surface area contributed by atoms with Crippen LogP contribution in [-0.2, 0) is 6.42 Å². The monoisotopic (exact) mass is 263 g/mol. The lowest BCUT2D eigenvalue weighted by Crippen LogP contribution is -2.07. The molecule has 0 aliphatic rings. The minimum absolute atomic E-state index is 0.264. The van der Waals surface area contributed by atoms with E-state index in [4.69, 9.17) is 5.73 Å². The Morgan fingerprint density at radius 2 is 1.74 bits per heavy atom. The summed E-state index contributed by atoms with van der Waals surface area (Å²) >= 11 is 0. The maximum Gasteiger partial charge on any atom is 0.123 e. The molecule has 2 aromatic carbocycles. The van der Waals surface area contributed by atoms with E-state index in [9.17, 15) is 13.9 Å². The molecule has 2 nitrogen and oxygen atoms in total. The van der Waals surface area contributed by atoms with Crippen LogP contribution in [0.3, 0.4) is 0 Å². The van der Waals surface area contributed by atoms with Crippen LogP contribution < -0.4 is 5.73 Å². The summed E-state index contributed by atoms with van der Waals surface area (Å²) in [5, 5.41) is 10.1. The van der Waals surface area contributed by atoms with Gasteiger partial charge in [-0.25, -0.2) is 8.78 Å². The van der Waals surface area contributed by atoms with E-state index in [-0.39, 0.29) is 12.2 Å². The molecule has 4 heteroatoms. The first-order valence-electron chi connectivity index (χ1n) is 5.95. The first kappa shape index (κ1) is 13.5. The molecule has 19 heavy (non-hydrogen) atoms. The van der Waals surface area contributed by atoms with Crippen molar-refractivity contribution < 1.29 is 13.9 Å². The SMILES string of the molecule is Cc1cc(F)ccc1CC(O)c1cc(F)ccc1N. The second-order valence-corrected chi connectivity index (χ2v) is 4.56. The first-order valence-corrected chi connectivity index (χ1v) is 5.95. The third-order valence-corrected chi connectivity index (χ3v) is 3.13. The third kappa shape index (κ3) is 3.09. The number of hydrogen-bond acceptors (Lipinski definition) is 2. The van der Waals surface area contributed by atoms with Gasteiger partial charge in [0.1, 0.15) is 11.6 Å². The fourth-order valence-corrected chi connectivity index (χ4v) is 2.04. The van der Waals surface area contributed by atoms with Gasteiger partial charge in [0.15, 0.2) is 0 Å². The van der Waals surface area contributed by atoms with E-state index in [1.807, 2.05) is 0 Å². The molecule has 0 aliphatic carbocycles. The molecule has 0 saturated heterocycles. The number of rotatable bonds is 3. The number of anilines is 1. The maximum atomic E-state index is 13.2. The molecule has 0 bridgehead atoms. The summed E-state index contributed by atoms with van der Waals surface area (Å²) in [6.07, 6.45) is -0.653. The minimum Gasteiger partial charge on any atom is -0.398 e. The molecular weight excluding hydrogens is 248 g/mol. The maximum absolute atomic E-state index is 13.2. The minimum atomic E-state index is -0.917. The molecule has 0 spiro atoms. The van der Waals surface area contributed by atoms with Crippen LogP contribution in [0.25, 0.3) is 0 Å². The predicted octanol–water partition coefficient (Wildman–Crippen LogP) is 3.13. The van der Waals surface area contributed by atoms with Gasteiger partial charge in [0.05, 0.1) is 6.10 Å². The molecular formula is C15H15F2NO. The van der Waals surface area contributed by atoms with Crippen LogP contribution in [0.4, 0.5) is 14.5 Å². The van der Waals surface area contributed by atoms with Crippen molar-refractivity contribution in [3.8, 4) is 0 Å². The molecule has 0 heterocycles. The summed E-state index contributed by atoms with van der Waals surface area (Å²) in [6.45, 7) is 1.76. The lowest BCUT2D eigenvalue weighted by atomic mass is 9.97. The van der Waals surface area contributed by atoms with Crippen LogP contribution in [0, 0.1) is 18.6 Å². The van der Waals surface area contributed by atoms with E-state index in [0.717, 1.165) is 11.1 Å². The number of nitrogen functional groups attached to an aromatic ring is 1. The zero-order chi connectivity index (χ0) is 14.0. The van der Waals surface area contributed by atoms with E-state index < -0.39 is 11.9 Å². The molecule has 0 radical (unpaired) electrons.